The number of halogens is 7. The third-order valence-electron chi connectivity index (χ3n) is 5.85. The van der Waals surface area contributed by atoms with E-state index >= 15 is 4.39 Å². The first-order valence-electron chi connectivity index (χ1n) is 11.7. The number of benzene rings is 1. The number of H-pyrrole nitrogens is 1. The number of aliphatic hydroxyl groups is 1. The third kappa shape index (κ3) is 7.57. The zero-order chi connectivity index (χ0) is 31.6. The fourth-order valence-corrected chi connectivity index (χ4v) is 4.73. The summed E-state index contributed by atoms with van der Waals surface area (Å²) in [6, 6.07) is 5.54. The maximum absolute atomic E-state index is 15.4. The summed E-state index contributed by atoms with van der Waals surface area (Å²) in [7, 11) is -3.87. The number of carbonyl (C=O) groups is 1. The molecule has 2 N–H and O–H groups in total. The maximum Gasteiger partial charge on any atom is 0.434 e. The lowest BCUT2D eigenvalue weighted by molar-refractivity contribution is -0.315. The summed E-state index contributed by atoms with van der Waals surface area (Å²) in [5.41, 5.74) is -4.67. The number of nitrogens with one attached hydrogen (secondary N) is 1. The molecule has 2 aromatic rings. The quantitative estimate of drug-likeness (QED) is 0.172. The van der Waals surface area contributed by atoms with Gasteiger partial charge < -0.3 is 19.1 Å². The zero-order valence-corrected chi connectivity index (χ0v) is 22.4. The summed E-state index contributed by atoms with van der Waals surface area (Å²) in [4.78, 5) is 43.0. The van der Waals surface area contributed by atoms with Crippen molar-refractivity contribution in [2.24, 2.45) is 0 Å². The number of hydroxylamine groups is 1. The van der Waals surface area contributed by atoms with Crippen LogP contribution in [0.2, 0.25) is 0 Å². The molecule has 1 fully saturated rings. The highest BCUT2D eigenvalue weighted by molar-refractivity contribution is 7.36. The molecule has 1 aromatic heterocycles. The Kier molecular flexibility index (Phi) is 9.93. The van der Waals surface area contributed by atoms with Crippen LogP contribution in [0.25, 0.3) is 0 Å². The predicted octanol–water partition coefficient (Wildman–Crippen LogP) is 2.65. The Morgan fingerprint density at radius 3 is 2.31 bits per heavy atom. The predicted molar refractivity (Wildman–Crippen MR) is 126 cm³/mol. The molecule has 0 amide bonds. The molecule has 0 spiro atoms. The molecule has 1 aliphatic rings. The summed E-state index contributed by atoms with van der Waals surface area (Å²) >= 11 is 0. The van der Waals surface area contributed by atoms with Gasteiger partial charge in [-0.05, 0) is 26.0 Å². The molecule has 1 aliphatic heterocycles. The summed E-state index contributed by atoms with van der Waals surface area (Å²) in [6.45, 7) is 0.508. The molecule has 6 atom stereocenters. The van der Waals surface area contributed by atoms with Crippen molar-refractivity contribution in [3.63, 3.8) is 0 Å². The van der Waals surface area contributed by atoms with Gasteiger partial charge in [0.05, 0.1) is 6.61 Å². The Morgan fingerprint density at radius 2 is 1.76 bits per heavy atom. The Hall–Kier alpha value is -3.25. The van der Waals surface area contributed by atoms with Gasteiger partial charge in [0.15, 0.2) is 11.9 Å². The van der Waals surface area contributed by atoms with Crippen LogP contribution in [-0.2, 0) is 23.7 Å². The first-order chi connectivity index (χ1) is 19.3. The van der Waals surface area contributed by atoms with Crippen molar-refractivity contribution in [3.05, 3.63) is 63.4 Å². The van der Waals surface area contributed by atoms with E-state index in [0.29, 0.717) is 11.5 Å². The highest BCUT2D eigenvalue weighted by atomic mass is 31.1. The molecule has 0 radical (unpaired) electrons. The molecule has 0 saturated carbocycles. The smallest absolute Gasteiger partial charge is 0.434 e. The molecule has 1 aromatic carbocycles. The van der Waals surface area contributed by atoms with E-state index < -0.39 is 80.6 Å². The molecule has 0 aliphatic carbocycles. The highest BCUT2D eigenvalue weighted by Crippen LogP contribution is 2.42. The molecule has 1 unspecified atom stereocenters. The van der Waals surface area contributed by atoms with Crippen LogP contribution in [0.5, 0.6) is 5.75 Å². The number of aliphatic hydroxyl groups excluding tert-OH is 1. The Morgan fingerprint density at radius 1 is 1.17 bits per heavy atom. The monoisotopic (exact) mass is 637 g/mol. The highest BCUT2D eigenvalue weighted by Gasteiger charge is 2.60. The molecule has 12 nitrogen and oxygen atoms in total. The largest absolute Gasteiger partial charge is 0.442 e. The second-order valence-electron chi connectivity index (χ2n) is 9.02. The van der Waals surface area contributed by atoms with E-state index in [0.717, 1.165) is 19.2 Å². The van der Waals surface area contributed by atoms with Crippen molar-refractivity contribution >= 4 is 14.1 Å². The van der Waals surface area contributed by atoms with Crippen molar-refractivity contribution in [1.29, 1.82) is 0 Å². The maximum atomic E-state index is 15.4. The average molecular weight is 637 g/mol. The number of hydrogen-bond donors (Lipinski definition) is 2. The number of nitrogens with zero attached hydrogens (tertiary/aromatic N) is 2. The van der Waals surface area contributed by atoms with Crippen molar-refractivity contribution in [2.45, 2.75) is 62.5 Å². The number of aromatic nitrogens is 2. The molecule has 3 rings (SSSR count). The molecular weight excluding hydrogens is 614 g/mol. The second-order valence-corrected chi connectivity index (χ2v) is 10.2. The number of ether oxygens (including phenoxy) is 2. The van der Waals surface area contributed by atoms with E-state index in [4.69, 9.17) is 14.1 Å². The molecular formula is C22H23F7N3O9P. The minimum atomic E-state index is -6.05. The van der Waals surface area contributed by atoms with Crippen LogP contribution in [-0.4, -0.2) is 74.4 Å². The minimum absolute atomic E-state index is 0.0922. The van der Waals surface area contributed by atoms with Gasteiger partial charge >= 0.3 is 32.2 Å². The zero-order valence-electron chi connectivity index (χ0n) is 21.4. The summed E-state index contributed by atoms with van der Waals surface area (Å²) in [5, 5.41) is 10.5. The normalized spacial score (nSPS) is 24.5. The number of aromatic amines is 1. The number of alkyl halides is 7. The lowest BCUT2D eigenvalue weighted by Gasteiger charge is -2.29. The average Bonchev–Trinajstić information content (AvgIpc) is 3.09. The van der Waals surface area contributed by atoms with Crippen LogP contribution in [0.15, 0.2) is 52.2 Å². The molecule has 42 heavy (non-hydrogen) atoms. The van der Waals surface area contributed by atoms with Crippen LogP contribution >= 0.6 is 8.18 Å². The van der Waals surface area contributed by atoms with Crippen LogP contribution in [0.1, 0.15) is 20.1 Å². The van der Waals surface area contributed by atoms with E-state index in [2.05, 4.69) is 4.74 Å². The van der Waals surface area contributed by atoms with E-state index in [1.54, 1.807) is 0 Å². The standard InChI is InChI=1S/C22H23F7N3O9P/c1-11(16(35)40-17(21(24,25)26)22(27,28)29)32(42(37)41-12-6-4-3-5-7-12)38-10-13-15(34)20(2,23)18(39-13)31-9-8-14(33)30-19(31)36/h3-9,11,13,15,17-18,34,42H,10H2,1-2H3,(H,30,33,36)/t11-,13+,15+,18+,20+/m0/s1. The summed E-state index contributed by atoms with van der Waals surface area (Å²) in [6.07, 6.45) is -21.4. The fourth-order valence-electron chi connectivity index (χ4n) is 3.70. The Bertz CT molecular complexity index is 1370. The van der Waals surface area contributed by atoms with Gasteiger partial charge in [0, 0.05) is 12.3 Å². The van der Waals surface area contributed by atoms with Gasteiger partial charge in [0.25, 0.3) is 11.7 Å². The topological polar surface area (TPSA) is 149 Å². The van der Waals surface area contributed by atoms with Crippen molar-refractivity contribution in [1.82, 2.24) is 14.4 Å². The molecule has 0 bridgehead atoms. The number of carbonyl (C=O) groups excluding carboxylic acids is 1. The van der Waals surface area contributed by atoms with Crippen molar-refractivity contribution in [3.8, 4) is 5.75 Å². The number of rotatable bonds is 10. The molecule has 234 valence electrons. The van der Waals surface area contributed by atoms with Crippen LogP contribution in [0.3, 0.4) is 0 Å². The first kappa shape index (κ1) is 33.3. The van der Waals surface area contributed by atoms with Crippen molar-refractivity contribution in [2.75, 3.05) is 6.61 Å². The van der Waals surface area contributed by atoms with Crippen LogP contribution < -0.4 is 15.8 Å². The van der Waals surface area contributed by atoms with E-state index in [9.17, 15) is 50.4 Å². The summed E-state index contributed by atoms with van der Waals surface area (Å²) < 4.78 is 121. The van der Waals surface area contributed by atoms with Crippen molar-refractivity contribution < 1.29 is 64.0 Å². The Balaban J connectivity index is 1.85. The molecule has 1 saturated heterocycles. The van der Waals surface area contributed by atoms with Gasteiger partial charge in [-0.3, -0.25) is 28.5 Å². The third-order valence-corrected chi connectivity index (χ3v) is 7.14. The van der Waals surface area contributed by atoms with E-state index in [1.807, 2.05) is 4.98 Å². The van der Waals surface area contributed by atoms with Gasteiger partial charge in [-0.15, -0.1) is 0 Å². The lowest BCUT2D eigenvalue weighted by Crippen LogP contribution is -2.49. The fraction of sp³-hybridized carbons (Fsp3) is 0.500. The minimum Gasteiger partial charge on any atom is -0.442 e. The van der Waals surface area contributed by atoms with E-state index in [-0.39, 0.29) is 10.6 Å². The Labute approximate surface area is 231 Å². The lowest BCUT2D eigenvalue weighted by atomic mass is 9.98. The summed E-state index contributed by atoms with van der Waals surface area (Å²) in [5.74, 6) is -2.28. The van der Waals surface area contributed by atoms with Gasteiger partial charge in [-0.1, -0.05) is 23.0 Å². The molecule has 2 heterocycles. The van der Waals surface area contributed by atoms with Gasteiger partial charge in [0.2, 0.25) is 0 Å². The van der Waals surface area contributed by atoms with Gasteiger partial charge in [0.1, 0.15) is 24.0 Å². The van der Waals surface area contributed by atoms with Crippen LogP contribution in [0, 0.1) is 0 Å². The number of para-hydroxylation sites is 1. The number of esters is 1. The second kappa shape index (κ2) is 12.5. The molecule has 20 heteroatoms. The van der Waals surface area contributed by atoms with Gasteiger partial charge in [-0.25, -0.2) is 9.18 Å². The van der Waals surface area contributed by atoms with Gasteiger partial charge in [-0.2, -0.15) is 26.3 Å². The number of hydrogen-bond acceptors (Lipinski definition) is 9. The first-order valence-corrected chi connectivity index (χ1v) is 13.0. The SMILES string of the molecule is C[C@@H](C(=O)OC(C(F)(F)F)C(F)(F)F)N(OC[C@H]1O[C@@H](n2ccc(=O)[nH]c2=O)[C@](C)(F)[C@@H]1O)[PH](=O)Oc1ccccc1. The van der Waals surface area contributed by atoms with E-state index in [1.165, 1.54) is 30.3 Å². The van der Waals surface area contributed by atoms with Crippen LogP contribution in [0.4, 0.5) is 30.7 Å².